The Bertz CT molecular complexity index is 777. The van der Waals surface area contributed by atoms with Gasteiger partial charge < -0.3 is 15.4 Å². The Labute approximate surface area is 174 Å². The Morgan fingerprint density at radius 1 is 1.28 bits per heavy atom. The van der Waals surface area contributed by atoms with E-state index in [4.69, 9.17) is 16.3 Å². The number of anilines is 1. The summed E-state index contributed by atoms with van der Waals surface area (Å²) < 4.78 is 5.08. The van der Waals surface area contributed by atoms with Crippen molar-refractivity contribution >= 4 is 41.2 Å². The number of halogens is 1. The highest BCUT2D eigenvalue weighted by atomic mass is 35.5. The average molecular weight is 425 g/mol. The zero-order valence-electron chi connectivity index (χ0n) is 16.7. The van der Waals surface area contributed by atoms with Crippen LogP contribution in [0.1, 0.15) is 46.5 Å². The van der Waals surface area contributed by atoms with Gasteiger partial charge >= 0.3 is 12.0 Å². The largest absolute Gasteiger partial charge is 0.451 e. The van der Waals surface area contributed by atoms with Gasteiger partial charge in [-0.1, -0.05) is 38.3 Å². The molecular weight excluding hydrogens is 400 g/mol. The summed E-state index contributed by atoms with van der Waals surface area (Å²) in [5.74, 6) is -1.65. The highest BCUT2D eigenvalue weighted by Gasteiger charge is 2.50. The third-order valence-corrected chi connectivity index (χ3v) is 4.77. The third kappa shape index (κ3) is 5.44. The van der Waals surface area contributed by atoms with Gasteiger partial charge in [0.05, 0.1) is 5.02 Å². The molecule has 158 valence electrons. The van der Waals surface area contributed by atoms with E-state index >= 15 is 0 Å². The maximum atomic E-state index is 12.8. The summed E-state index contributed by atoms with van der Waals surface area (Å²) in [6.45, 7) is 4.66. The number of rotatable bonds is 9. The molecule has 4 amide bonds. The van der Waals surface area contributed by atoms with E-state index in [1.807, 2.05) is 13.8 Å². The molecule has 2 N–H and O–H groups in total. The molecule has 0 saturated carbocycles. The molecule has 0 aliphatic carbocycles. The highest BCUT2D eigenvalue weighted by molar-refractivity contribution is 6.30. The second-order valence-electron chi connectivity index (χ2n) is 6.89. The van der Waals surface area contributed by atoms with Gasteiger partial charge in [0.2, 0.25) is 0 Å². The number of esters is 1. The van der Waals surface area contributed by atoms with Crippen LogP contribution in [0.15, 0.2) is 18.3 Å². The molecular formula is C19H25ClN4O5. The smallest absolute Gasteiger partial charge is 0.327 e. The minimum atomic E-state index is -1.14. The highest BCUT2D eigenvalue weighted by Crippen LogP contribution is 2.28. The number of amides is 4. The van der Waals surface area contributed by atoms with Crippen LogP contribution in [0.25, 0.3) is 0 Å². The number of carbonyl (C=O) groups is 4. The van der Waals surface area contributed by atoms with Gasteiger partial charge in [0.1, 0.15) is 17.9 Å². The van der Waals surface area contributed by atoms with Gasteiger partial charge in [-0.2, -0.15) is 0 Å². The predicted octanol–water partition coefficient (Wildman–Crippen LogP) is 2.50. The van der Waals surface area contributed by atoms with Crippen LogP contribution in [0.2, 0.25) is 5.02 Å². The first-order valence-electron chi connectivity index (χ1n) is 9.48. The standard InChI is InChI=1S/C19H25ClN4O5/c1-4-8-19(9-5-2)17(27)24(18(28)23-19)11-15(25)29-12(3)16(26)22-14-7-6-13(20)10-21-14/h6-7,10,12H,4-5,8-9,11H2,1-3H3,(H,23,28)(H,21,22,26)/t12-/m0/s1. The fraction of sp³-hybridized carbons (Fsp3) is 0.526. The molecule has 2 heterocycles. The Balaban J connectivity index is 1.95. The van der Waals surface area contributed by atoms with Gasteiger partial charge in [0, 0.05) is 6.20 Å². The quantitative estimate of drug-likeness (QED) is 0.464. The van der Waals surface area contributed by atoms with E-state index in [9.17, 15) is 19.2 Å². The summed E-state index contributed by atoms with van der Waals surface area (Å²) in [6, 6.07) is 2.43. The summed E-state index contributed by atoms with van der Waals surface area (Å²) in [5.41, 5.74) is -0.982. The number of carbonyl (C=O) groups excluding carboxylic acids is 4. The molecule has 1 aromatic rings. The Hall–Kier alpha value is -2.68. The molecule has 9 nitrogen and oxygen atoms in total. The molecule has 0 unspecified atom stereocenters. The summed E-state index contributed by atoms with van der Waals surface area (Å²) in [7, 11) is 0. The van der Waals surface area contributed by atoms with E-state index in [1.165, 1.54) is 19.2 Å². The Morgan fingerprint density at radius 3 is 2.48 bits per heavy atom. The first-order valence-corrected chi connectivity index (χ1v) is 9.86. The third-order valence-electron chi connectivity index (χ3n) is 4.54. The molecule has 29 heavy (non-hydrogen) atoms. The molecule has 1 aliphatic heterocycles. The van der Waals surface area contributed by atoms with Crippen LogP contribution in [0.5, 0.6) is 0 Å². The maximum absolute atomic E-state index is 12.8. The van der Waals surface area contributed by atoms with E-state index in [2.05, 4.69) is 15.6 Å². The number of imide groups is 1. The average Bonchev–Trinajstić information content (AvgIpc) is 2.88. The van der Waals surface area contributed by atoms with E-state index in [0.29, 0.717) is 30.7 Å². The summed E-state index contributed by atoms with van der Waals surface area (Å²) in [5, 5.41) is 5.62. The first-order chi connectivity index (χ1) is 13.7. The van der Waals surface area contributed by atoms with Crippen LogP contribution < -0.4 is 10.6 Å². The summed E-state index contributed by atoms with van der Waals surface area (Å²) in [6.07, 6.45) is 2.62. The maximum Gasteiger partial charge on any atom is 0.327 e. The molecule has 0 aromatic carbocycles. The Morgan fingerprint density at radius 2 is 1.93 bits per heavy atom. The van der Waals surface area contributed by atoms with Crippen LogP contribution in [0.4, 0.5) is 10.6 Å². The number of ether oxygens (including phenoxy) is 1. The normalized spacial score (nSPS) is 16.3. The van der Waals surface area contributed by atoms with Gasteiger partial charge in [0.25, 0.3) is 11.8 Å². The van der Waals surface area contributed by atoms with Crippen molar-refractivity contribution in [2.24, 2.45) is 0 Å². The van der Waals surface area contributed by atoms with Crippen molar-refractivity contribution in [3.8, 4) is 0 Å². The molecule has 1 fully saturated rings. The van der Waals surface area contributed by atoms with Gasteiger partial charge in [-0.15, -0.1) is 0 Å². The molecule has 10 heteroatoms. The number of nitrogens with zero attached hydrogens (tertiary/aromatic N) is 2. The van der Waals surface area contributed by atoms with Crippen LogP contribution in [-0.4, -0.2) is 51.9 Å². The molecule has 1 atom stereocenters. The van der Waals surface area contributed by atoms with Crippen molar-refractivity contribution in [3.63, 3.8) is 0 Å². The molecule has 1 saturated heterocycles. The predicted molar refractivity (Wildman–Crippen MR) is 106 cm³/mol. The summed E-state index contributed by atoms with van der Waals surface area (Å²) in [4.78, 5) is 54.2. The van der Waals surface area contributed by atoms with Gasteiger partial charge in [-0.3, -0.25) is 19.3 Å². The minimum Gasteiger partial charge on any atom is -0.451 e. The fourth-order valence-electron chi connectivity index (χ4n) is 3.23. The number of pyridine rings is 1. The lowest BCUT2D eigenvalue weighted by Gasteiger charge is -2.25. The zero-order chi connectivity index (χ0) is 21.6. The van der Waals surface area contributed by atoms with Crippen molar-refractivity contribution in [3.05, 3.63) is 23.4 Å². The molecule has 0 radical (unpaired) electrons. The number of hydrogen-bond donors (Lipinski definition) is 2. The van der Waals surface area contributed by atoms with Crippen molar-refractivity contribution in [1.82, 2.24) is 15.2 Å². The topological polar surface area (TPSA) is 118 Å². The van der Waals surface area contributed by atoms with Gasteiger partial charge in [0.15, 0.2) is 6.10 Å². The molecule has 1 aromatic heterocycles. The minimum absolute atomic E-state index is 0.250. The van der Waals surface area contributed by atoms with E-state index in [-0.39, 0.29) is 5.82 Å². The van der Waals surface area contributed by atoms with Crippen LogP contribution in [0, 0.1) is 0 Å². The second-order valence-corrected chi connectivity index (χ2v) is 7.32. The molecule has 0 spiro atoms. The SMILES string of the molecule is CCCC1(CCC)NC(=O)N(CC(=O)O[C@@H](C)C(=O)Nc2ccc(Cl)cn2)C1=O. The first kappa shape index (κ1) is 22.6. The van der Waals surface area contributed by atoms with Crippen LogP contribution >= 0.6 is 11.6 Å². The second kappa shape index (κ2) is 9.69. The molecule has 0 bridgehead atoms. The lowest BCUT2D eigenvalue weighted by molar-refractivity contribution is -0.155. The van der Waals surface area contributed by atoms with Crippen LogP contribution in [-0.2, 0) is 19.1 Å². The zero-order valence-corrected chi connectivity index (χ0v) is 17.4. The van der Waals surface area contributed by atoms with Crippen molar-refractivity contribution in [2.75, 3.05) is 11.9 Å². The number of nitrogens with one attached hydrogen (secondary N) is 2. The Kier molecular flexibility index (Phi) is 7.55. The number of hydrogen-bond acceptors (Lipinski definition) is 6. The van der Waals surface area contributed by atoms with Crippen LogP contribution in [0.3, 0.4) is 0 Å². The molecule has 1 aliphatic rings. The van der Waals surface area contributed by atoms with E-state index in [0.717, 1.165) is 4.90 Å². The van der Waals surface area contributed by atoms with E-state index < -0.39 is 42.0 Å². The van der Waals surface area contributed by atoms with Gasteiger partial charge in [-0.25, -0.2) is 9.78 Å². The van der Waals surface area contributed by atoms with Gasteiger partial charge in [-0.05, 0) is 31.9 Å². The number of urea groups is 1. The van der Waals surface area contributed by atoms with E-state index in [1.54, 1.807) is 6.07 Å². The number of aromatic nitrogens is 1. The lowest BCUT2D eigenvalue weighted by atomic mass is 9.88. The van der Waals surface area contributed by atoms with Crippen molar-refractivity contribution in [1.29, 1.82) is 0 Å². The monoisotopic (exact) mass is 424 g/mol. The lowest BCUT2D eigenvalue weighted by Crippen LogP contribution is -2.47. The molecule has 2 rings (SSSR count). The summed E-state index contributed by atoms with van der Waals surface area (Å²) >= 11 is 5.73. The van der Waals surface area contributed by atoms with Crippen molar-refractivity contribution in [2.45, 2.75) is 58.1 Å². The van der Waals surface area contributed by atoms with Crippen molar-refractivity contribution < 1.29 is 23.9 Å². The fourth-order valence-corrected chi connectivity index (χ4v) is 3.34.